The van der Waals surface area contributed by atoms with Crippen LogP contribution >= 0.6 is 0 Å². The first-order valence-electron chi connectivity index (χ1n) is 7.31. The monoisotopic (exact) mass is 238 g/mol. The number of urea groups is 1. The summed E-state index contributed by atoms with van der Waals surface area (Å²) in [6, 6.07) is 0.306. The highest BCUT2D eigenvalue weighted by Crippen LogP contribution is 2.19. The van der Waals surface area contributed by atoms with Crippen LogP contribution in [0, 0.1) is 5.92 Å². The minimum Gasteiger partial charge on any atom is -0.325 e. The van der Waals surface area contributed by atoms with Crippen molar-refractivity contribution >= 4 is 6.03 Å². The molecule has 2 saturated heterocycles. The van der Waals surface area contributed by atoms with Gasteiger partial charge < -0.3 is 9.80 Å². The van der Waals surface area contributed by atoms with Gasteiger partial charge in [-0.15, -0.1) is 0 Å². The fourth-order valence-corrected chi connectivity index (χ4v) is 2.92. The van der Waals surface area contributed by atoms with Gasteiger partial charge in [-0.05, 0) is 38.0 Å². The zero-order valence-corrected chi connectivity index (χ0v) is 11.2. The number of amides is 2. The predicted molar refractivity (Wildman–Crippen MR) is 70.0 cm³/mol. The van der Waals surface area contributed by atoms with Gasteiger partial charge in [-0.3, -0.25) is 0 Å². The van der Waals surface area contributed by atoms with E-state index in [0.29, 0.717) is 6.03 Å². The summed E-state index contributed by atoms with van der Waals surface area (Å²) in [6.07, 6.45) is 8.61. The van der Waals surface area contributed by atoms with E-state index >= 15 is 0 Å². The Labute approximate surface area is 105 Å². The van der Waals surface area contributed by atoms with Crippen LogP contribution in [0.4, 0.5) is 4.79 Å². The maximum absolute atomic E-state index is 12.4. The summed E-state index contributed by atoms with van der Waals surface area (Å²) < 4.78 is 0. The van der Waals surface area contributed by atoms with Gasteiger partial charge in [-0.25, -0.2) is 4.79 Å². The molecule has 98 valence electrons. The first kappa shape index (κ1) is 12.7. The largest absolute Gasteiger partial charge is 0.325 e. The van der Waals surface area contributed by atoms with Crippen molar-refractivity contribution in [1.82, 2.24) is 9.80 Å². The molecule has 0 N–H and O–H groups in total. The van der Waals surface area contributed by atoms with Crippen molar-refractivity contribution in [3.8, 4) is 0 Å². The second-order valence-electron chi connectivity index (χ2n) is 5.71. The molecule has 0 bridgehead atoms. The summed E-state index contributed by atoms with van der Waals surface area (Å²) in [5, 5.41) is 0. The van der Waals surface area contributed by atoms with Gasteiger partial charge in [0.25, 0.3) is 0 Å². The molecule has 17 heavy (non-hydrogen) atoms. The van der Waals surface area contributed by atoms with Gasteiger partial charge >= 0.3 is 6.03 Å². The second-order valence-corrected chi connectivity index (χ2v) is 5.71. The minimum atomic E-state index is 0.306. The molecule has 0 spiro atoms. The van der Waals surface area contributed by atoms with Crippen LogP contribution in [0.25, 0.3) is 0 Å². The van der Waals surface area contributed by atoms with Crippen LogP contribution in [0.3, 0.4) is 0 Å². The first-order valence-corrected chi connectivity index (χ1v) is 7.31. The Morgan fingerprint density at radius 1 is 0.824 bits per heavy atom. The number of hydrogen-bond acceptors (Lipinski definition) is 1. The molecule has 2 amide bonds. The van der Waals surface area contributed by atoms with Crippen LogP contribution in [0.5, 0.6) is 0 Å². The lowest BCUT2D eigenvalue weighted by Gasteiger charge is -2.29. The van der Waals surface area contributed by atoms with Crippen molar-refractivity contribution in [1.29, 1.82) is 0 Å². The van der Waals surface area contributed by atoms with E-state index in [1.54, 1.807) is 0 Å². The van der Waals surface area contributed by atoms with Crippen molar-refractivity contribution in [3.05, 3.63) is 0 Å². The molecule has 2 aliphatic rings. The van der Waals surface area contributed by atoms with Crippen LogP contribution in [-0.2, 0) is 0 Å². The lowest BCUT2D eigenvalue weighted by molar-refractivity contribution is 0.155. The van der Waals surface area contributed by atoms with Gasteiger partial charge in [0.1, 0.15) is 0 Å². The van der Waals surface area contributed by atoms with Gasteiger partial charge in [0, 0.05) is 26.2 Å². The zero-order valence-electron chi connectivity index (χ0n) is 11.2. The maximum atomic E-state index is 12.4. The number of carbonyl (C=O) groups excluding carboxylic acids is 1. The summed E-state index contributed by atoms with van der Waals surface area (Å²) >= 11 is 0. The van der Waals surface area contributed by atoms with Crippen molar-refractivity contribution < 1.29 is 4.79 Å². The lowest BCUT2D eigenvalue weighted by atomic mass is 10.0. The zero-order chi connectivity index (χ0) is 12.1. The van der Waals surface area contributed by atoms with E-state index in [0.717, 1.165) is 32.1 Å². The molecule has 2 aliphatic heterocycles. The average molecular weight is 238 g/mol. The van der Waals surface area contributed by atoms with Crippen LogP contribution in [0.2, 0.25) is 0 Å². The standard InChI is InChI=1S/C14H26N2O/c1-13-7-6-11-16(12-8-13)14(17)15-9-4-2-3-5-10-15/h13H,2-12H2,1H3. The molecule has 0 aromatic carbocycles. The van der Waals surface area contributed by atoms with E-state index in [4.69, 9.17) is 0 Å². The smallest absolute Gasteiger partial charge is 0.319 e. The highest BCUT2D eigenvalue weighted by molar-refractivity contribution is 5.74. The van der Waals surface area contributed by atoms with Gasteiger partial charge in [0.05, 0.1) is 0 Å². The van der Waals surface area contributed by atoms with Crippen LogP contribution in [-0.4, -0.2) is 42.0 Å². The molecule has 0 radical (unpaired) electrons. The van der Waals surface area contributed by atoms with Gasteiger partial charge in [-0.1, -0.05) is 19.8 Å². The lowest BCUT2D eigenvalue weighted by Crippen LogP contribution is -2.44. The number of hydrogen-bond donors (Lipinski definition) is 0. The van der Waals surface area contributed by atoms with Crippen molar-refractivity contribution in [2.75, 3.05) is 26.2 Å². The third kappa shape index (κ3) is 3.62. The predicted octanol–water partition coefficient (Wildman–Crippen LogP) is 3.10. The Morgan fingerprint density at radius 2 is 1.41 bits per heavy atom. The number of likely N-dealkylation sites (tertiary alicyclic amines) is 2. The number of nitrogens with zero attached hydrogens (tertiary/aromatic N) is 2. The quantitative estimate of drug-likeness (QED) is 0.636. The normalized spacial score (nSPS) is 27.5. The molecular weight excluding hydrogens is 212 g/mol. The fourth-order valence-electron chi connectivity index (χ4n) is 2.92. The molecule has 2 fully saturated rings. The van der Waals surface area contributed by atoms with E-state index in [9.17, 15) is 4.79 Å². The Kier molecular flexibility index (Phi) is 4.69. The summed E-state index contributed by atoms with van der Waals surface area (Å²) in [7, 11) is 0. The van der Waals surface area contributed by atoms with E-state index in [1.807, 2.05) is 0 Å². The third-order valence-electron chi connectivity index (χ3n) is 4.16. The average Bonchev–Trinajstić information content (AvgIpc) is 2.70. The summed E-state index contributed by atoms with van der Waals surface area (Å²) in [5.41, 5.74) is 0. The maximum Gasteiger partial charge on any atom is 0.319 e. The summed E-state index contributed by atoms with van der Waals surface area (Å²) in [6.45, 7) is 6.20. The number of carbonyl (C=O) groups is 1. The fraction of sp³-hybridized carbons (Fsp3) is 0.929. The van der Waals surface area contributed by atoms with Crippen LogP contribution in [0.1, 0.15) is 51.9 Å². The number of rotatable bonds is 0. The highest BCUT2D eigenvalue weighted by atomic mass is 16.2. The molecule has 0 aromatic rings. The molecule has 1 unspecified atom stereocenters. The molecule has 0 aliphatic carbocycles. The summed E-state index contributed by atoms with van der Waals surface area (Å²) in [5.74, 6) is 0.789. The highest BCUT2D eigenvalue weighted by Gasteiger charge is 2.23. The molecular formula is C14H26N2O. The molecule has 3 nitrogen and oxygen atoms in total. The minimum absolute atomic E-state index is 0.306. The molecule has 0 saturated carbocycles. The topological polar surface area (TPSA) is 23.6 Å². The van der Waals surface area contributed by atoms with E-state index < -0.39 is 0 Å². The first-order chi connectivity index (χ1) is 8.27. The van der Waals surface area contributed by atoms with E-state index in [1.165, 1.54) is 44.9 Å². The van der Waals surface area contributed by atoms with Crippen LogP contribution in [0.15, 0.2) is 0 Å². The van der Waals surface area contributed by atoms with Crippen molar-refractivity contribution in [2.24, 2.45) is 5.92 Å². The third-order valence-corrected chi connectivity index (χ3v) is 4.16. The summed E-state index contributed by atoms with van der Waals surface area (Å²) in [4.78, 5) is 16.6. The Balaban J connectivity index is 1.88. The van der Waals surface area contributed by atoms with Gasteiger partial charge in [-0.2, -0.15) is 0 Å². The van der Waals surface area contributed by atoms with Crippen molar-refractivity contribution in [3.63, 3.8) is 0 Å². The van der Waals surface area contributed by atoms with E-state index in [-0.39, 0.29) is 0 Å². The molecule has 2 heterocycles. The molecule has 0 aromatic heterocycles. The van der Waals surface area contributed by atoms with Gasteiger partial charge in [0.15, 0.2) is 0 Å². The molecule has 3 heteroatoms. The molecule has 1 atom stereocenters. The Bertz CT molecular complexity index is 247. The second kappa shape index (κ2) is 6.27. The van der Waals surface area contributed by atoms with E-state index in [2.05, 4.69) is 16.7 Å². The Morgan fingerprint density at radius 3 is 2.12 bits per heavy atom. The van der Waals surface area contributed by atoms with Gasteiger partial charge in [0.2, 0.25) is 0 Å². The van der Waals surface area contributed by atoms with Crippen LogP contribution < -0.4 is 0 Å². The Hall–Kier alpha value is -0.730. The SMILES string of the molecule is CC1CCCN(C(=O)N2CCCCCC2)CC1. The van der Waals surface area contributed by atoms with Crippen molar-refractivity contribution in [2.45, 2.75) is 51.9 Å². The molecule has 2 rings (SSSR count).